The van der Waals surface area contributed by atoms with Gasteiger partial charge in [0, 0.05) is 5.69 Å². The number of nitrogen functional groups attached to an aromatic ring is 1. The Kier molecular flexibility index (Phi) is 3.14. The maximum absolute atomic E-state index is 12.5. The Morgan fingerprint density at radius 1 is 1.15 bits per heavy atom. The Balaban J connectivity index is 1.81. The zero-order chi connectivity index (χ0) is 14.2. The maximum Gasteiger partial charge on any atom is 0.235 e. The fraction of sp³-hybridized carbons (Fsp3) is 0.188. The summed E-state index contributed by atoms with van der Waals surface area (Å²) < 4.78 is 0. The Labute approximate surface area is 122 Å². The predicted molar refractivity (Wildman–Crippen MR) is 81.8 cm³/mol. The zero-order valence-corrected chi connectivity index (χ0v) is 11.7. The van der Waals surface area contributed by atoms with E-state index in [9.17, 15) is 4.79 Å². The average Bonchev–Trinajstić information content (AvgIpc) is 3.26. The van der Waals surface area contributed by atoms with Crippen molar-refractivity contribution in [2.45, 2.75) is 18.3 Å². The highest BCUT2D eigenvalue weighted by molar-refractivity contribution is 6.33. The first-order chi connectivity index (χ1) is 9.62. The number of hydrogen-bond acceptors (Lipinski definition) is 2. The van der Waals surface area contributed by atoms with Crippen LogP contribution in [0.25, 0.3) is 0 Å². The van der Waals surface area contributed by atoms with Crippen molar-refractivity contribution in [1.82, 2.24) is 0 Å². The van der Waals surface area contributed by atoms with Crippen molar-refractivity contribution in [3.8, 4) is 0 Å². The van der Waals surface area contributed by atoms with E-state index in [-0.39, 0.29) is 11.3 Å². The lowest BCUT2D eigenvalue weighted by atomic mass is 9.95. The molecule has 1 saturated carbocycles. The summed E-state index contributed by atoms with van der Waals surface area (Å²) in [6.45, 7) is 0. The van der Waals surface area contributed by atoms with E-state index in [1.54, 1.807) is 18.2 Å². The number of carbonyl (C=O) groups excluding carboxylic acids is 1. The number of hydrogen-bond donors (Lipinski definition) is 2. The van der Waals surface area contributed by atoms with E-state index in [1.165, 1.54) is 0 Å². The average molecular weight is 287 g/mol. The second-order valence-electron chi connectivity index (χ2n) is 5.14. The zero-order valence-electron chi connectivity index (χ0n) is 10.9. The van der Waals surface area contributed by atoms with E-state index in [0.29, 0.717) is 16.4 Å². The minimum Gasteiger partial charge on any atom is -0.397 e. The van der Waals surface area contributed by atoms with Gasteiger partial charge >= 0.3 is 0 Å². The SMILES string of the molecule is Nc1cc(NC(=O)C2(c3ccccc3)CC2)ccc1Cl. The molecule has 0 radical (unpaired) electrons. The molecule has 1 amide bonds. The molecule has 3 nitrogen and oxygen atoms in total. The van der Waals surface area contributed by atoms with Crippen molar-refractivity contribution < 1.29 is 4.79 Å². The third-order valence-electron chi connectivity index (χ3n) is 3.76. The minimum atomic E-state index is -0.379. The van der Waals surface area contributed by atoms with Gasteiger partial charge in [-0.3, -0.25) is 4.79 Å². The van der Waals surface area contributed by atoms with Gasteiger partial charge in [0.25, 0.3) is 0 Å². The third kappa shape index (κ3) is 2.25. The number of rotatable bonds is 3. The number of halogens is 1. The van der Waals surface area contributed by atoms with Crippen LogP contribution in [0.4, 0.5) is 11.4 Å². The smallest absolute Gasteiger partial charge is 0.235 e. The number of nitrogens with one attached hydrogen (secondary N) is 1. The van der Waals surface area contributed by atoms with Crippen LogP contribution in [-0.2, 0) is 10.2 Å². The number of amides is 1. The molecule has 0 bridgehead atoms. The van der Waals surface area contributed by atoms with Crippen molar-refractivity contribution in [3.63, 3.8) is 0 Å². The lowest BCUT2D eigenvalue weighted by Crippen LogP contribution is -2.27. The van der Waals surface area contributed by atoms with E-state index in [2.05, 4.69) is 5.32 Å². The van der Waals surface area contributed by atoms with Gasteiger partial charge in [0.05, 0.1) is 16.1 Å². The minimum absolute atomic E-state index is 0.0189. The van der Waals surface area contributed by atoms with Gasteiger partial charge in [0.1, 0.15) is 0 Å². The number of benzene rings is 2. The maximum atomic E-state index is 12.5. The van der Waals surface area contributed by atoms with Crippen molar-refractivity contribution in [3.05, 3.63) is 59.1 Å². The molecule has 3 N–H and O–H groups in total. The van der Waals surface area contributed by atoms with Crippen LogP contribution in [0.2, 0.25) is 5.02 Å². The largest absolute Gasteiger partial charge is 0.397 e. The Hall–Kier alpha value is -2.00. The van der Waals surface area contributed by atoms with Gasteiger partial charge in [-0.05, 0) is 36.6 Å². The molecule has 2 aromatic carbocycles. The number of nitrogens with two attached hydrogens (primary N) is 1. The van der Waals surface area contributed by atoms with E-state index in [1.807, 2.05) is 30.3 Å². The predicted octanol–water partition coefficient (Wildman–Crippen LogP) is 3.59. The van der Waals surface area contributed by atoms with Crippen molar-refractivity contribution >= 4 is 28.9 Å². The molecule has 2 aromatic rings. The summed E-state index contributed by atoms with van der Waals surface area (Å²) in [6.07, 6.45) is 1.76. The highest BCUT2D eigenvalue weighted by atomic mass is 35.5. The molecule has 4 heteroatoms. The van der Waals surface area contributed by atoms with Gasteiger partial charge in [0.15, 0.2) is 0 Å². The summed E-state index contributed by atoms with van der Waals surface area (Å²) in [7, 11) is 0. The lowest BCUT2D eigenvalue weighted by Gasteiger charge is -2.16. The first kappa shape index (κ1) is 13.0. The molecule has 102 valence electrons. The highest BCUT2D eigenvalue weighted by Crippen LogP contribution is 2.49. The molecule has 0 heterocycles. The quantitative estimate of drug-likeness (QED) is 0.847. The molecular weight excluding hydrogens is 272 g/mol. The fourth-order valence-corrected chi connectivity index (χ4v) is 2.52. The van der Waals surface area contributed by atoms with Crippen LogP contribution < -0.4 is 11.1 Å². The first-order valence-corrected chi connectivity index (χ1v) is 6.92. The molecule has 0 unspecified atom stereocenters. The molecule has 1 fully saturated rings. The summed E-state index contributed by atoms with van der Waals surface area (Å²) in [5.41, 5.74) is 7.58. The van der Waals surface area contributed by atoms with E-state index in [4.69, 9.17) is 17.3 Å². The van der Waals surface area contributed by atoms with Gasteiger partial charge in [-0.1, -0.05) is 41.9 Å². The molecule has 1 aliphatic carbocycles. The summed E-state index contributed by atoms with van der Waals surface area (Å²) >= 11 is 5.88. The number of anilines is 2. The molecule has 3 rings (SSSR count). The molecular formula is C16H15ClN2O. The highest BCUT2D eigenvalue weighted by Gasteiger charge is 2.51. The van der Waals surface area contributed by atoms with Crippen LogP contribution in [0.5, 0.6) is 0 Å². The molecule has 1 aliphatic rings. The van der Waals surface area contributed by atoms with Gasteiger partial charge in [-0.25, -0.2) is 0 Å². The fourth-order valence-electron chi connectivity index (χ4n) is 2.40. The third-order valence-corrected chi connectivity index (χ3v) is 4.11. The molecule has 0 aliphatic heterocycles. The second-order valence-corrected chi connectivity index (χ2v) is 5.55. The normalized spacial score (nSPS) is 15.7. The molecule has 0 spiro atoms. The number of carbonyl (C=O) groups is 1. The monoisotopic (exact) mass is 286 g/mol. The molecule has 0 aromatic heterocycles. The molecule has 20 heavy (non-hydrogen) atoms. The summed E-state index contributed by atoms with van der Waals surface area (Å²) in [5.74, 6) is 0.0189. The lowest BCUT2D eigenvalue weighted by molar-refractivity contribution is -0.118. The summed E-state index contributed by atoms with van der Waals surface area (Å²) in [4.78, 5) is 12.5. The van der Waals surface area contributed by atoms with Crippen molar-refractivity contribution in [1.29, 1.82) is 0 Å². The van der Waals surface area contributed by atoms with E-state index >= 15 is 0 Å². The second kappa shape index (κ2) is 4.84. The standard InChI is InChI=1S/C16H15ClN2O/c17-13-7-6-12(10-14(13)18)19-15(20)16(8-9-16)11-4-2-1-3-5-11/h1-7,10H,8-9,18H2,(H,19,20). The van der Waals surface area contributed by atoms with Crippen LogP contribution >= 0.6 is 11.6 Å². The Morgan fingerprint density at radius 2 is 1.85 bits per heavy atom. The van der Waals surface area contributed by atoms with Crippen LogP contribution in [-0.4, -0.2) is 5.91 Å². The van der Waals surface area contributed by atoms with Gasteiger partial charge in [-0.2, -0.15) is 0 Å². The topological polar surface area (TPSA) is 55.1 Å². The Morgan fingerprint density at radius 3 is 2.45 bits per heavy atom. The summed E-state index contributed by atoms with van der Waals surface area (Å²) in [5, 5.41) is 3.43. The van der Waals surface area contributed by atoms with E-state index < -0.39 is 0 Å². The van der Waals surface area contributed by atoms with Gasteiger partial charge in [-0.15, -0.1) is 0 Å². The van der Waals surface area contributed by atoms with Crippen molar-refractivity contribution in [2.75, 3.05) is 11.1 Å². The van der Waals surface area contributed by atoms with Crippen LogP contribution in [0.3, 0.4) is 0 Å². The van der Waals surface area contributed by atoms with Crippen LogP contribution in [0.1, 0.15) is 18.4 Å². The molecule has 0 atom stereocenters. The van der Waals surface area contributed by atoms with Gasteiger partial charge < -0.3 is 11.1 Å². The molecule has 0 saturated heterocycles. The van der Waals surface area contributed by atoms with Crippen LogP contribution in [0, 0.1) is 0 Å². The Bertz CT molecular complexity index is 651. The van der Waals surface area contributed by atoms with Gasteiger partial charge in [0.2, 0.25) is 5.91 Å². The van der Waals surface area contributed by atoms with Crippen LogP contribution in [0.15, 0.2) is 48.5 Å². The van der Waals surface area contributed by atoms with E-state index in [0.717, 1.165) is 18.4 Å². The van der Waals surface area contributed by atoms with Crippen molar-refractivity contribution in [2.24, 2.45) is 0 Å². The first-order valence-electron chi connectivity index (χ1n) is 6.54. The summed E-state index contributed by atoms with van der Waals surface area (Å²) in [6, 6.07) is 15.0.